The summed E-state index contributed by atoms with van der Waals surface area (Å²) in [6.07, 6.45) is 0.625. The normalized spacial score (nSPS) is 19.3. The summed E-state index contributed by atoms with van der Waals surface area (Å²) in [5.74, 6) is -0.0541. The van der Waals surface area contributed by atoms with Crippen molar-refractivity contribution in [1.82, 2.24) is 15.5 Å². The van der Waals surface area contributed by atoms with Crippen molar-refractivity contribution in [3.63, 3.8) is 0 Å². The number of aryl methyl sites for hydroxylation is 2. The number of hydrogen-bond donors (Lipinski definition) is 2. The molecule has 1 saturated carbocycles. The highest BCUT2D eigenvalue weighted by Gasteiger charge is 2.48. The van der Waals surface area contributed by atoms with Gasteiger partial charge in [0.2, 0.25) is 11.8 Å². The predicted molar refractivity (Wildman–Crippen MR) is 144 cm³/mol. The number of nitrogens with one attached hydrogen (secondary N) is 2. The van der Waals surface area contributed by atoms with E-state index in [9.17, 15) is 14.4 Å². The van der Waals surface area contributed by atoms with Crippen molar-refractivity contribution in [2.75, 3.05) is 0 Å². The van der Waals surface area contributed by atoms with E-state index in [1.165, 1.54) is 0 Å². The van der Waals surface area contributed by atoms with Gasteiger partial charge in [0, 0.05) is 11.6 Å². The van der Waals surface area contributed by atoms with Gasteiger partial charge in [-0.15, -0.1) is 0 Å². The molecule has 0 aliphatic heterocycles. The third kappa shape index (κ3) is 8.52. The SMILES string of the molecule is Cc1ccc(C(C(=O)NC(C)(C)C)N(C(=O)C(CC(C)C)NC(=O)OC(C)(C)C)C2CC2C)c(C)c1. The zero-order valence-electron chi connectivity index (χ0n) is 24.1. The van der Waals surface area contributed by atoms with Crippen LogP contribution in [0, 0.1) is 25.7 Å². The number of rotatable bonds is 8. The summed E-state index contributed by atoms with van der Waals surface area (Å²) >= 11 is 0. The molecular formula is C29H47N3O4. The molecule has 7 heteroatoms. The van der Waals surface area contributed by atoms with Crippen LogP contribution >= 0.6 is 0 Å². The number of carbonyl (C=O) groups is 3. The number of amides is 3. The van der Waals surface area contributed by atoms with Gasteiger partial charge >= 0.3 is 6.09 Å². The minimum atomic E-state index is -0.803. The van der Waals surface area contributed by atoms with Gasteiger partial charge in [0.1, 0.15) is 17.7 Å². The van der Waals surface area contributed by atoms with Crippen LogP contribution in [0.25, 0.3) is 0 Å². The summed E-state index contributed by atoms with van der Waals surface area (Å²) in [5, 5.41) is 5.91. The fourth-order valence-corrected chi connectivity index (χ4v) is 4.48. The summed E-state index contributed by atoms with van der Waals surface area (Å²) in [7, 11) is 0. The fraction of sp³-hybridized carbons (Fsp3) is 0.690. The monoisotopic (exact) mass is 501 g/mol. The van der Waals surface area contributed by atoms with Crippen LogP contribution in [0.15, 0.2) is 18.2 Å². The molecule has 2 rings (SSSR count). The van der Waals surface area contributed by atoms with E-state index in [0.717, 1.165) is 23.1 Å². The van der Waals surface area contributed by atoms with Crippen LogP contribution in [0.1, 0.15) is 97.9 Å². The minimum Gasteiger partial charge on any atom is -0.444 e. The molecule has 0 saturated heterocycles. The molecule has 4 unspecified atom stereocenters. The van der Waals surface area contributed by atoms with Crippen LogP contribution in [0.2, 0.25) is 0 Å². The van der Waals surface area contributed by atoms with E-state index in [2.05, 4.69) is 17.6 Å². The Morgan fingerprint density at radius 2 is 1.67 bits per heavy atom. The van der Waals surface area contributed by atoms with Crippen molar-refractivity contribution >= 4 is 17.9 Å². The highest BCUT2D eigenvalue weighted by molar-refractivity contribution is 5.93. The second-order valence-corrected chi connectivity index (χ2v) is 12.9. The third-order valence-electron chi connectivity index (χ3n) is 6.12. The van der Waals surface area contributed by atoms with Crippen molar-refractivity contribution in [1.29, 1.82) is 0 Å². The molecule has 1 aromatic rings. The molecule has 0 heterocycles. The van der Waals surface area contributed by atoms with E-state index < -0.39 is 29.3 Å². The molecule has 3 amide bonds. The first-order valence-corrected chi connectivity index (χ1v) is 13.1. The molecule has 202 valence electrons. The number of benzene rings is 1. The number of nitrogens with zero attached hydrogens (tertiary/aromatic N) is 1. The summed E-state index contributed by atoms with van der Waals surface area (Å²) < 4.78 is 5.47. The van der Waals surface area contributed by atoms with Gasteiger partial charge in [0.05, 0.1) is 0 Å². The van der Waals surface area contributed by atoms with Crippen LogP contribution in [-0.2, 0) is 14.3 Å². The van der Waals surface area contributed by atoms with Gasteiger partial charge < -0.3 is 20.3 Å². The Kier molecular flexibility index (Phi) is 9.25. The van der Waals surface area contributed by atoms with Gasteiger partial charge in [0.25, 0.3) is 0 Å². The largest absolute Gasteiger partial charge is 0.444 e. The maximum Gasteiger partial charge on any atom is 0.408 e. The van der Waals surface area contributed by atoms with Gasteiger partial charge in [-0.25, -0.2) is 4.79 Å². The molecule has 1 fully saturated rings. The molecule has 0 radical (unpaired) electrons. The van der Waals surface area contributed by atoms with E-state index in [1.54, 1.807) is 25.7 Å². The predicted octanol–water partition coefficient (Wildman–Crippen LogP) is 5.44. The van der Waals surface area contributed by atoms with Crippen LogP contribution in [-0.4, -0.2) is 46.0 Å². The van der Waals surface area contributed by atoms with Crippen molar-refractivity contribution in [3.05, 3.63) is 34.9 Å². The lowest BCUT2D eigenvalue weighted by atomic mass is 9.94. The molecule has 1 aliphatic carbocycles. The molecule has 0 aromatic heterocycles. The molecule has 7 nitrogen and oxygen atoms in total. The third-order valence-corrected chi connectivity index (χ3v) is 6.12. The highest BCUT2D eigenvalue weighted by atomic mass is 16.6. The Labute approximate surface area is 217 Å². The minimum absolute atomic E-state index is 0.0796. The average Bonchev–Trinajstić information content (AvgIpc) is 3.38. The van der Waals surface area contributed by atoms with Crippen molar-refractivity contribution in [2.24, 2.45) is 11.8 Å². The lowest BCUT2D eigenvalue weighted by Gasteiger charge is -2.37. The summed E-state index contributed by atoms with van der Waals surface area (Å²) in [4.78, 5) is 42.5. The quantitative estimate of drug-likeness (QED) is 0.497. The standard InChI is InChI=1S/C29H47N3O4/c1-17(2)14-22(30-27(35)36-29(9,10)11)26(34)32(23-16-20(23)5)24(25(33)31-28(6,7)8)21-13-12-18(3)15-19(21)4/h12-13,15,17,20,22-24H,14,16H2,1-11H3,(H,30,35)(H,31,33). The van der Waals surface area contributed by atoms with E-state index in [4.69, 9.17) is 4.74 Å². The Hall–Kier alpha value is -2.57. The van der Waals surface area contributed by atoms with Crippen molar-refractivity contribution < 1.29 is 19.1 Å². The van der Waals surface area contributed by atoms with Crippen molar-refractivity contribution in [3.8, 4) is 0 Å². The average molecular weight is 502 g/mol. The van der Waals surface area contributed by atoms with Gasteiger partial charge in [-0.2, -0.15) is 0 Å². The fourth-order valence-electron chi connectivity index (χ4n) is 4.48. The Morgan fingerprint density at radius 3 is 2.11 bits per heavy atom. The first kappa shape index (κ1) is 29.7. The lowest BCUT2D eigenvalue weighted by molar-refractivity contribution is -0.144. The van der Waals surface area contributed by atoms with Gasteiger partial charge in [-0.3, -0.25) is 9.59 Å². The first-order valence-electron chi connectivity index (χ1n) is 13.1. The number of ether oxygens (including phenoxy) is 1. The molecule has 36 heavy (non-hydrogen) atoms. The molecule has 0 spiro atoms. The van der Waals surface area contributed by atoms with Crippen molar-refractivity contribution in [2.45, 2.75) is 118 Å². The van der Waals surface area contributed by atoms with Gasteiger partial charge in [0.15, 0.2) is 0 Å². The number of hydrogen-bond acceptors (Lipinski definition) is 4. The van der Waals surface area contributed by atoms with Crippen LogP contribution in [0.3, 0.4) is 0 Å². The molecule has 1 aromatic carbocycles. The summed E-state index contributed by atoms with van der Waals surface area (Å²) in [6.45, 7) is 21.3. The Morgan fingerprint density at radius 1 is 1.08 bits per heavy atom. The van der Waals surface area contributed by atoms with E-state index in [0.29, 0.717) is 6.42 Å². The summed E-state index contributed by atoms with van der Waals surface area (Å²) in [5.41, 5.74) is 1.69. The van der Waals surface area contributed by atoms with Crippen LogP contribution in [0.5, 0.6) is 0 Å². The molecule has 0 bridgehead atoms. The van der Waals surface area contributed by atoms with Gasteiger partial charge in [-0.05, 0) is 91.2 Å². The lowest BCUT2D eigenvalue weighted by Crippen LogP contribution is -2.56. The second-order valence-electron chi connectivity index (χ2n) is 12.9. The molecular weight excluding hydrogens is 454 g/mol. The van der Waals surface area contributed by atoms with E-state index >= 15 is 0 Å². The van der Waals surface area contributed by atoms with Gasteiger partial charge in [-0.1, -0.05) is 44.5 Å². The zero-order chi connectivity index (χ0) is 27.6. The smallest absolute Gasteiger partial charge is 0.408 e. The maximum absolute atomic E-state index is 14.2. The first-order chi connectivity index (χ1) is 16.4. The maximum atomic E-state index is 14.2. The Balaban J connectivity index is 2.56. The summed E-state index contributed by atoms with van der Waals surface area (Å²) in [6, 6.07) is 4.28. The van der Waals surface area contributed by atoms with E-state index in [-0.39, 0.29) is 29.7 Å². The van der Waals surface area contributed by atoms with Crippen LogP contribution in [0.4, 0.5) is 4.79 Å². The number of carbonyl (C=O) groups excluding carboxylic acids is 3. The molecule has 2 N–H and O–H groups in total. The Bertz CT molecular complexity index is 958. The molecule has 4 atom stereocenters. The van der Waals surface area contributed by atoms with E-state index in [1.807, 2.05) is 66.7 Å². The highest BCUT2D eigenvalue weighted by Crippen LogP contribution is 2.41. The topological polar surface area (TPSA) is 87.7 Å². The second kappa shape index (κ2) is 11.2. The zero-order valence-corrected chi connectivity index (χ0v) is 24.1. The molecule has 1 aliphatic rings. The van der Waals surface area contributed by atoms with Crippen LogP contribution < -0.4 is 10.6 Å². The number of alkyl carbamates (subject to hydrolysis) is 1.